The highest BCUT2D eigenvalue weighted by atomic mass is 16.5. The van der Waals surface area contributed by atoms with E-state index in [4.69, 9.17) is 4.74 Å². The maximum absolute atomic E-state index is 6.23. The van der Waals surface area contributed by atoms with E-state index >= 15 is 0 Å². The summed E-state index contributed by atoms with van der Waals surface area (Å²) in [6.45, 7) is 2.09. The summed E-state index contributed by atoms with van der Waals surface area (Å²) in [7, 11) is 0. The maximum atomic E-state index is 6.23. The lowest BCUT2D eigenvalue weighted by molar-refractivity contribution is 0.472. The van der Waals surface area contributed by atoms with Crippen LogP contribution >= 0.6 is 0 Å². The molecule has 0 saturated heterocycles. The molecule has 1 heteroatoms. The molecule has 1 aliphatic rings. The summed E-state index contributed by atoms with van der Waals surface area (Å²) < 4.78 is 6.23. The fourth-order valence-electron chi connectivity index (χ4n) is 3.28. The van der Waals surface area contributed by atoms with E-state index in [1.807, 2.05) is 18.2 Å². The third-order valence-electron chi connectivity index (χ3n) is 4.65. The van der Waals surface area contributed by atoms with Crippen molar-refractivity contribution in [3.05, 3.63) is 95.6 Å². The Labute approximate surface area is 137 Å². The van der Waals surface area contributed by atoms with Gasteiger partial charge < -0.3 is 4.74 Å². The monoisotopic (exact) mass is 300 g/mol. The van der Waals surface area contributed by atoms with Crippen LogP contribution in [0.2, 0.25) is 0 Å². The van der Waals surface area contributed by atoms with Gasteiger partial charge in [0, 0.05) is 0 Å². The van der Waals surface area contributed by atoms with Crippen molar-refractivity contribution in [1.29, 1.82) is 0 Å². The first kappa shape index (κ1) is 14.1. The van der Waals surface area contributed by atoms with Gasteiger partial charge in [-0.05, 0) is 54.0 Å². The number of aryl methyl sites for hydroxylation is 1. The zero-order valence-corrected chi connectivity index (χ0v) is 13.3. The van der Waals surface area contributed by atoms with Gasteiger partial charge in [-0.3, -0.25) is 0 Å². The molecule has 0 radical (unpaired) electrons. The minimum absolute atomic E-state index is 0.567. The molecular formula is C22H20O. The molecule has 2 unspecified atom stereocenters. The predicted octanol–water partition coefficient (Wildman–Crippen LogP) is 6.06. The van der Waals surface area contributed by atoms with Crippen molar-refractivity contribution in [3.8, 4) is 11.5 Å². The van der Waals surface area contributed by atoms with Crippen LogP contribution in [0.25, 0.3) is 0 Å². The van der Waals surface area contributed by atoms with Crippen molar-refractivity contribution in [2.75, 3.05) is 0 Å². The van der Waals surface area contributed by atoms with Crippen LogP contribution in [-0.4, -0.2) is 0 Å². The van der Waals surface area contributed by atoms with E-state index in [-0.39, 0.29) is 0 Å². The van der Waals surface area contributed by atoms with Crippen LogP contribution in [0.4, 0.5) is 0 Å². The SMILES string of the molecule is Cc1ccccc1Oc1ccccc1C1CC1c1ccccc1. The lowest BCUT2D eigenvalue weighted by Crippen LogP contribution is -1.93. The Morgan fingerprint density at radius 2 is 1.35 bits per heavy atom. The molecule has 3 aromatic carbocycles. The lowest BCUT2D eigenvalue weighted by atomic mass is 10.0. The molecule has 0 aromatic heterocycles. The Hall–Kier alpha value is -2.54. The van der Waals surface area contributed by atoms with Crippen molar-refractivity contribution in [2.24, 2.45) is 0 Å². The lowest BCUT2D eigenvalue weighted by Gasteiger charge is -2.13. The van der Waals surface area contributed by atoms with Gasteiger partial charge in [-0.2, -0.15) is 0 Å². The highest BCUT2D eigenvalue weighted by Gasteiger charge is 2.40. The van der Waals surface area contributed by atoms with E-state index in [1.165, 1.54) is 17.5 Å². The first-order chi connectivity index (χ1) is 11.3. The Kier molecular flexibility index (Phi) is 3.63. The Balaban J connectivity index is 1.61. The van der Waals surface area contributed by atoms with Crippen LogP contribution in [-0.2, 0) is 0 Å². The summed E-state index contributed by atoms with van der Waals surface area (Å²) in [6.07, 6.45) is 1.21. The first-order valence-electron chi connectivity index (χ1n) is 8.20. The Morgan fingerprint density at radius 1 is 0.696 bits per heavy atom. The van der Waals surface area contributed by atoms with Crippen LogP contribution in [0.1, 0.15) is 34.9 Å². The topological polar surface area (TPSA) is 9.23 Å². The number of hydrogen-bond donors (Lipinski definition) is 0. The summed E-state index contributed by atoms with van der Waals surface area (Å²) in [4.78, 5) is 0. The van der Waals surface area contributed by atoms with Gasteiger partial charge in [0.2, 0.25) is 0 Å². The third kappa shape index (κ3) is 2.87. The number of ether oxygens (including phenoxy) is 1. The zero-order chi connectivity index (χ0) is 15.6. The van der Waals surface area contributed by atoms with Gasteiger partial charge in [0.25, 0.3) is 0 Å². The predicted molar refractivity (Wildman–Crippen MR) is 94.2 cm³/mol. The zero-order valence-electron chi connectivity index (χ0n) is 13.3. The van der Waals surface area contributed by atoms with Crippen molar-refractivity contribution < 1.29 is 4.74 Å². The summed E-state index contributed by atoms with van der Waals surface area (Å²) in [5, 5.41) is 0. The van der Waals surface area contributed by atoms with Gasteiger partial charge in [0.05, 0.1) is 0 Å². The molecule has 0 bridgehead atoms. The molecule has 0 spiro atoms. The molecule has 1 saturated carbocycles. The number of hydrogen-bond acceptors (Lipinski definition) is 1. The molecule has 0 aliphatic heterocycles. The van der Waals surface area contributed by atoms with E-state index in [0.717, 1.165) is 17.1 Å². The second-order valence-corrected chi connectivity index (χ2v) is 6.26. The number of benzene rings is 3. The van der Waals surface area contributed by atoms with E-state index in [2.05, 4.69) is 67.6 Å². The average Bonchev–Trinajstić information content (AvgIpc) is 3.39. The molecule has 23 heavy (non-hydrogen) atoms. The Morgan fingerprint density at radius 3 is 2.13 bits per heavy atom. The summed E-state index contributed by atoms with van der Waals surface area (Å²) in [6, 6.07) is 27.4. The van der Waals surface area contributed by atoms with E-state index in [1.54, 1.807) is 0 Å². The van der Waals surface area contributed by atoms with E-state index in [0.29, 0.717) is 11.8 Å². The van der Waals surface area contributed by atoms with Crippen LogP contribution in [0, 0.1) is 6.92 Å². The first-order valence-corrected chi connectivity index (χ1v) is 8.20. The molecule has 0 amide bonds. The van der Waals surface area contributed by atoms with Crippen LogP contribution < -0.4 is 4.74 Å². The molecule has 114 valence electrons. The fourth-order valence-corrected chi connectivity index (χ4v) is 3.28. The molecule has 4 rings (SSSR count). The highest BCUT2D eigenvalue weighted by molar-refractivity contribution is 5.47. The fraction of sp³-hybridized carbons (Fsp3) is 0.182. The van der Waals surface area contributed by atoms with Gasteiger partial charge in [0.15, 0.2) is 0 Å². The molecule has 1 fully saturated rings. The normalized spacial score (nSPS) is 19.3. The second kappa shape index (κ2) is 5.92. The summed E-state index contributed by atoms with van der Waals surface area (Å²) in [5.74, 6) is 3.12. The third-order valence-corrected chi connectivity index (χ3v) is 4.65. The van der Waals surface area contributed by atoms with Crippen molar-refractivity contribution in [3.63, 3.8) is 0 Å². The Bertz CT molecular complexity index is 807. The summed E-state index contributed by atoms with van der Waals surface area (Å²) in [5.41, 5.74) is 3.92. The minimum Gasteiger partial charge on any atom is -0.457 e. The van der Waals surface area contributed by atoms with Crippen LogP contribution in [0.5, 0.6) is 11.5 Å². The molecule has 1 aliphatic carbocycles. The van der Waals surface area contributed by atoms with Gasteiger partial charge in [-0.1, -0.05) is 66.7 Å². The smallest absolute Gasteiger partial charge is 0.130 e. The molecule has 0 heterocycles. The van der Waals surface area contributed by atoms with Gasteiger partial charge in [0.1, 0.15) is 11.5 Å². The van der Waals surface area contributed by atoms with Gasteiger partial charge >= 0.3 is 0 Å². The van der Waals surface area contributed by atoms with E-state index in [9.17, 15) is 0 Å². The quantitative estimate of drug-likeness (QED) is 0.569. The van der Waals surface area contributed by atoms with Crippen LogP contribution in [0.15, 0.2) is 78.9 Å². The molecular weight excluding hydrogens is 280 g/mol. The number of rotatable bonds is 4. The maximum Gasteiger partial charge on any atom is 0.130 e. The molecule has 3 aromatic rings. The highest BCUT2D eigenvalue weighted by Crippen LogP contribution is 2.56. The molecule has 1 nitrogen and oxygen atoms in total. The number of para-hydroxylation sites is 2. The second-order valence-electron chi connectivity index (χ2n) is 6.26. The van der Waals surface area contributed by atoms with Crippen molar-refractivity contribution in [2.45, 2.75) is 25.2 Å². The van der Waals surface area contributed by atoms with Gasteiger partial charge in [-0.25, -0.2) is 0 Å². The molecule has 0 N–H and O–H groups in total. The standard InChI is InChI=1S/C22H20O/c1-16-9-5-7-13-21(16)23-22-14-8-6-12-18(22)20-15-19(20)17-10-3-2-4-11-17/h2-14,19-20H,15H2,1H3. The molecule has 2 atom stereocenters. The van der Waals surface area contributed by atoms with E-state index < -0.39 is 0 Å². The van der Waals surface area contributed by atoms with Gasteiger partial charge in [-0.15, -0.1) is 0 Å². The minimum atomic E-state index is 0.567. The van der Waals surface area contributed by atoms with Crippen molar-refractivity contribution >= 4 is 0 Å². The summed E-state index contributed by atoms with van der Waals surface area (Å²) >= 11 is 0. The van der Waals surface area contributed by atoms with Crippen LogP contribution in [0.3, 0.4) is 0 Å². The largest absolute Gasteiger partial charge is 0.457 e. The van der Waals surface area contributed by atoms with Crippen molar-refractivity contribution in [1.82, 2.24) is 0 Å². The average molecular weight is 300 g/mol.